The molecule has 6 nitrogen and oxygen atoms in total. The second-order valence-electron chi connectivity index (χ2n) is 6.72. The summed E-state index contributed by atoms with van der Waals surface area (Å²) in [5.74, 6) is -3.59. The average molecular weight is 397 g/mol. The van der Waals surface area contributed by atoms with Gasteiger partial charge in [0.05, 0.1) is 18.0 Å². The maximum atomic E-state index is 12.9. The number of amides is 2. The van der Waals surface area contributed by atoms with Gasteiger partial charge in [-0.3, -0.25) is 9.59 Å². The number of piperidine rings is 1. The number of carbonyl (C=O) groups excluding carboxylic acids is 2. The van der Waals surface area contributed by atoms with E-state index in [0.29, 0.717) is 36.5 Å². The Kier molecular flexibility index (Phi) is 5.71. The van der Waals surface area contributed by atoms with Gasteiger partial charge in [-0.2, -0.15) is 0 Å². The van der Waals surface area contributed by atoms with Gasteiger partial charge in [0.2, 0.25) is 11.8 Å². The van der Waals surface area contributed by atoms with E-state index in [1.807, 2.05) is 0 Å². The lowest BCUT2D eigenvalue weighted by atomic mass is 9.94. The van der Waals surface area contributed by atoms with Crippen molar-refractivity contribution in [2.75, 3.05) is 31.5 Å². The Morgan fingerprint density at radius 1 is 1.19 bits per heavy atom. The van der Waals surface area contributed by atoms with Crippen LogP contribution in [0.2, 0.25) is 0 Å². The summed E-state index contributed by atoms with van der Waals surface area (Å²) in [5.41, 5.74) is 0.580. The number of hydrogen-bond donors (Lipinski definition) is 1. The van der Waals surface area contributed by atoms with Gasteiger partial charge in [-0.05, 0) is 43.2 Å². The summed E-state index contributed by atoms with van der Waals surface area (Å²) in [6, 6.07) is 6.67. The smallest absolute Gasteiger partial charge is 0.282 e. The lowest BCUT2D eigenvalue weighted by molar-refractivity contribution is -0.170. The van der Waals surface area contributed by atoms with Gasteiger partial charge in [0.15, 0.2) is 0 Å². The molecule has 0 radical (unpaired) electrons. The molecule has 0 spiro atoms. The number of carbonyl (C=O) groups is 2. The van der Waals surface area contributed by atoms with Crippen molar-refractivity contribution in [3.63, 3.8) is 0 Å². The summed E-state index contributed by atoms with van der Waals surface area (Å²) in [5, 5.41) is 2.62. The number of rotatable bonds is 5. The van der Waals surface area contributed by atoms with Crippen LogP contribution < -0.4 is 5.32 Å². The maximum absolute atomic E-state index is 12.9. The van der Waals surface area contributed by atoms with Crippen LogP contribution in [0.1, 0.15) is 12.8 Å². The molecule has 146 valence electrons. The second-order valence-corrected chi connectivity index (χ2v) is 8.21. The molecule has 3 rings (SSSR count). The Morgan fingerprint density at radius 2 is 1.78 bits per heavy atom. The minimum absolute atomic E-state index is 0.228. The van der Waals surface area contributed by atoms with Crippen LogP contribution in [0.4, 0.5) is 14.5 Å². The highest BCUT2D eigenvalue weighted by molar-refractivity contribution is 7.82. The summed E-state index contributed by atoms with van der Waals surface area (Å²) >= 11 is 0. The monoisotopic (exact) mass is 397 g/mol. The fraction of sp³-hybridized carbons (Fsp3) is 0.444. The van der Waals surface area contributed by atoms with Crippen molar-refractivity contribution in [1.82, 2.24) is 9.21 Å². The summed E-state index contributed by atoms with van der Waals surface area (Å²) < 4.78 is 40.3. The number of benzene rings is 1. The van der Waals surface area contributed by atoms with Crippen molar-refractivity contribution < 1.29 is 22.6 Å². The molecule has 1 aromatic rings. The van der Waals surface area contributed by atoms with Gasteiger partial charge in [0.25, 0.3) is 5.92 Å². The minimum atomic E-state index is -2.75. The van der Waals surface area contributed by atoms with E-state index in [0.717, 1.165) is 0 Å². The summed E-state index contributed by atoms with van der Waals surface area (Å²) in [6.07, 6.45) is 2.17. The van der Waals surface area contributed by atoms with Crippen molar-refractivity contribution in [1.29, 1.82) is 0 Å². The molecule has 9 heteroatoms. The highest BCUT2D eigenvalue weighted by Gasteiger charge is 2.47. The van der Waals surface area contributed by atoms with E-state index in [1.165, 1.54) is 11.0 Å². The Balaban J connectivity index is 1.52. The van der Waals surface area contributed by atoms with Crippen molar-refractivity contribution in [3.05, 3.63) is 36.9 Å². The van der Waals surface area contributed by atoms with Gasteiger partial charge >= 0.3 is 0 Å². The van der Waals surface area contributed by atoms with Gasteiger partial charge in [-0.15, -0.1) is 0 Å². The fourth-order valence-electron chi connectivity index (χ4n) is 3.19. The predicted octanol–water partition coefficient (Wildman–Crippen LogP) is 2.02. The molecule has 1 unspecified atom stereocenters. The Morgan fingerprint density at radius 3 is 2.30 bits per heavy atom. The zero-order valence-corrected chi connectivity index (χ0v) is 15.5. The molecule has 2 saturated heterocycles. The summed E-state index contributed by atoms with van der Waals surface area (Å²) in [6.45, 7) is 3.31. The van der Waals surface area contributed by atoms with Crippen LogP contribution in [0.15, 0.2) is 41.8 Å². The van der Waals surface area contributed by atoms with Crippen LogP contribution in [-0.2, 0) is 20.6 Å². The quantitative estimate of drug-likeness (QED) is 0.773. The number of anilines is 1. The van der Waals surface area contributed by atoms with E-state index in [4.69, 9.17) is 0 Å². The van der Waals surface area contributed by atoms with Crippen molar-refractivity contribution in [3.8, 4) is 0 Å². The van der Waals surface area contributed by atoms with E-state index < -0.39 is 30.0 Å². The molecule has 1 atom stereocenters. The molecule has 2 aliphatic heterocycles. The number of halogens is 2. The first-order chi connectivity index (χ1) is 12.8. The highest BCUT2D eigenvalue weighted by atomic mass is 32.2. The van der Waals surface area contributed by atoms with Crippen LogP contribution >= 0.6 is 0 Å². The van der Waals surface area contributed by atoms with Gasteiger partial charge in [0, 0.05) is 24.7 Å². The Labute approximate surface area is 158 Å². The molecule has 1 aromatic carbocycles. The Hall–Kier alpha value is -2.13. The molecule has 2 heterocycles. The number of alkyl halides is 2. The van der Waals surface area contributed by atoms with Crippen LogP contribution in [-0.4, -0.2) is 57.3 Å². The third-order valence-corrected chi connectivity index (χ3v) is 6.21. The molecule has 2 aliphatic rings. The molecule has 0 bridgehead atoms. The molecule has 1 N–H and O–H groups in total. The second kappa shape index (κ2) is 7.85. The van der Waals surface area contributed by atoms with Crippen LogP contribution in [0.5, 0.6) is 0 Å². The molecule has 0 aromatic heterocycles. The molecular weight excluding hydrogens is 376 g/mol. The summed E-state index contributed by atoms with van der Waals surface area (Å²) in [4.78, 5) is 25.3. The first kappa shape index (κ1) is 19.6. The molecule has 2 fully saturated rings. The van der Waals surface area contributed by atoms with Gasteiger partial charge in [0.1, 0.15) is 11.0 Å². The van der Waals surface area contributed by atoms with E-state index in [-0.39, 0.29) is 17.7 Å². The number of nitrogens with one attached hydrogen (secondary N) is 1. The van der Waals surface area contributed by atoms with Gasteiger partial charge < -0.3 is 10.2 Å². The number of hydrogen-bond acceptors (Lipinski definition) is 3. The van der Waals surface area contributed by atoms with Crippen LogP contribution in [0.25, 0.3) is 0 Å². The lowest BCUT2D eigenvalue weighted by Crippen LogP contribution is -2.60. The van der Waals surface area contributed by atoms with Crippen LogP contribution in [0.3, 0.4) is 0 Å². The molecule has 2 amide bonds. The van der Waals surface area contributed by atoms with E-state index >= 15 is 0 Å². The Bertz CT molecular complexity index is 754. The molecule has 0 aliphatic carbocycles. The van der Waals surface area contributed by atoms with Crippen molar-refractivity contribution in [2.24, 2.45) is 5.92 Å². The van der Waals surface area contributed by atoms with Gasteiger partial charge in [-0.1, -0.05) is 6.58 Å². The first-order valence-corrected chi connectivity index (χ1v) is 9.77. The third kappa shape index (κ3) is 4.59. The standard InChI is InChI=1S/C18H21F2N3O3S/c1-2-16(24)21-14-3-5-15(6-4-14)27(26)23-9-7-13(8-10-23)17(25)22-11-18(19,20)12-22/h2-6,13H,1,7-12H2,(H,21,24). The first-order valence-electron chi connectivity index (χ1n) is 8.66. The SMILES string of the molecule is C=CC(=O)Nc1ccc(S(=O)N2CCC(C(=O)N3CC(F)(F)C3)CC2)cc1. The zero-order valence-electron chi connectivity index (χ0n) is 14.7. The normalized spacial score (nSPS) is 21.2. The average Bonchev–Trinajstić information content (AvgIpc) is 2.65. The van der Waals surface area contributed by atoms with Gasteiger partial charge in [-0.25, -0.2) is 17.3 Å². The summed E-state index contributed by atoms with van der Waals surface area (Å²) in [7, 11) is -1.38. The number of likely N-dealkylation sites (tertiary alicyclic amines) is 1. The fourth-order valence-corrected chi connectivity index (χ4v) is 4.40. The number of nitrogens with zero attached hydrogens (tertiary/aromatic N) is 2. The van der Waals surface area contributed by atoms with E-state index in [9.17, 15) is 22.6 Å². The zero-order chi connectivity index (χ0) is 19.6. The largest absolute Gasteiger partial charge is 0.330 e. The lowest BCUT2D eigenvalue weighted by Gasteiger charge is -2.41. The van der Waals surface area contributed by atoms with Crippen molar-refractivity contribution in [2.45, 2.75) is 23.7 Å². The molecular formula is C18H21F2N3O3S. The van der Waals surface area contributed by atoms with Crippen LogP contribution in [0, 0.1) is 5.92 Å². The minimum Gasteiger partial charge on any atom is -0.330 e. The highest BCUT2D eigenvalue weighted by Crippen LogP contribution is 2.31. The predicted molar refractivity (Wildman–Crippen MR) is 97.5 cm³/mol. The molecule has 27 heavy (non-hydrogen) atoms. The van der Waals surface area contributed by atoms with E-state index in [1.54, 1.807) is 28.6 Å². The topological polar surface area (TPSA) is 69.7 Å². The maximum Gasteiger partial charge on any atom is 0.282 e. The van der Waals surface area contributed by atoms with Crippen molar-refractivity contribution >= 4 is 28.5 Å². The van der Waals surface area contributed by atoms with E-state index in [2.05, 4.69) is 11.9 Å². The molecule has 0 saturated carbocycles. The third-order valence-electron chi connectivity index (χ3n) is 4.70.